The Kier molecular flexibility index (Phi) is 9.51. The Labute approximate surface area is 190 Å². The predicted octanol–water partition coefficient (Wildman–Crippen LogP) is 2.52. The number of benzene rings is 2. The zero-order valence-corrected chi connectivity index (χ0v) is 20.3. The van der Waals surface area contributed by atoms with E-state index in [1.807, 2.05) is 25.1 Å². The van der Waals surface area contributed by atoms with Crippen LogP contribution in [0.25, 0.3) is 0 Å². The minimum Gasteiger partial charge on any atom is -1.00 e. The molecule has 1 amide bonds. The van der Waals surface area contributed by atoms with Crippen LogP contribution in [0.4, 0.5) is 5.69 Å². The van der Waals surface area contributed by atoms with E-state index in [4.69, 9.17) is 4.74 Å². The first-order valence-electron chi connectivity index (χ1n) is 10.5. The fourth-order valence-electron chi connectivity index (χ4n) is 4.22. The number of amides is 1. The molecule has 0 bridgehead atoms. The first-order chi connectivity index (χ1) is 14.0. The Bertz CT molecular complexity index is 851. The summed E-state index contributed by atoms with van der Waals surface area (Å²) in [5, 5.41) is 3.06. The molecule has 0 unspecified atom stereocenters. The van der Waals surface area contributed by atoms with Crippen molar-refractivity contribution in [3.05, 3.63) is 65.2 Å². The number of ether oxygens (including phenoxy) is 1. The maximum absolute atomic E-state index is 13.1. The standard InChI is InChI=1S/C24H30NO3P.BrH/c1-3-28-24(27)21-14-10-11-19(2)23(21)25-22(26)18-29(15-8-5-9-16-29)17-20-12-6-4-7-13-20;/h4,6-7,10-14H,3,5,8-9,15-18H2,1-2H3;1H. The molecule has 1 N–H and O–H groups in total. The van der Waals surface area contributed by atoms with Gasteiger partial charge in [0, 0.05) is 7.26 Å². The molecule has 3 rings (SSSR count). The number of halogens is 1. The number of nitrogens with one attached hydrogen (secondary N) is 1. The average Bonchev–Trinajstić information content (AvgIpc) is 2.71. The van der Waals surface area contributed by atoms with Gasteiger partial charge in [0.05, 0.1) is 36.3 Å². The number of carbonyl (C=O) groups excluding carboxylic acids is 2. The van der Waals surface area contributed by atoms with Gasteiger partial charge in [0.1, 0.15) is 6.16 Å². The second kappa shape index (κ2) is 11.6. The summed E-state index contributed by atoms with van der Waals surface area (Å²) in [5.41, 5.74) is 3.23. The van der Waals surface area contributed by atoms with E-state index in [-0.39, 0.29) is 22.9 Å². The van der Waals surface area contributed by atoms with E-state index in [9.17, 15) is 9.59 Å². The lowest BCUT2D eigenvalue weighted by Gasteiger charge is -2.31. The molecule has 162 valence electrons. The molecule has 1 heterocycles. The monoisotopic (exact) mass is 491 g/mol. The Morgan fingerprint density at radius 3 is 2.37 bits per heavy atom. The number of rotatable bonds is 7. The molecule has 4 nitrogen and oxygen atoms in total. The van der Waals surface area contributed by atoms with Crippen molar-refractivity contribution in [1.82, 2.24) is 0 Å². The van der Waals surface area contributed by atoms with Crippen LogP contribution in [0, 0.1) is 6.92 Å². The molecule has 0 atom stereocenters. The zero-order chi connectivity index (χ0) is 20.7. The summed E-state index contributed by atoms with van der Waals surface area (Å²) in [6.45, 7) is 4.01. The smallest absolute Gasteiger partial charge is 0.340 e. The van der Waals surface area contributed by atoms with Gasteiger partial charge in [0.25, 0.3) is 5.91 Å². The van der Waals surface area contributed by atoms with Crippen molar-refractivity contribution >= 4 is 24.8 Å². The molecule has 6 heteroatoms. The van der Waals surface area contributed by atoms with Gasteiger partial charge in [-0.2, -0.15) is 0 Å². The van der Waals surface area contributed by atoms with Gasteiger partial charge >= 0.3 is 5.97 Å². The van der Waals surface area contributed by atoms with E-state index < -0.39 is 13.2 Å². The van der Waals surface area contributed by atoms with E-state index in [2.05, 4.69) is 29.6 Å². The van der Waals surface area contributed by atoms with Gasteiger partial charge in [-0.15, -0.1) is 0 Å². The molecule has 30 heavy (non-hydrogen) atoms. The fraction of sp³-hybridized carbons (Fsp3) is 0.417. The van der Waals surface area contributed by atoms with Crippen molar-refractivity contribution in [3.63, 3.8) is 0 Å². The molecule has 0 radical (unpaired) electrons. The van der Waals surface area contributed by atoms with Crippen molar-refractivity contribution in [3.8, 4) is 0 Å². The highest BCUT2D eigenvalue weighted by Crippen LogP contribution is 2.64. The second-order valence-electron chi connectivity index (χ2n) is 7.92. The third-order valence-electron chi connectivity index (χ3n) is 5.64. The first kappa shape index (κ1) is 24.6. The molecule has 2 aromatic rings. The second-order valence-corrected chi connectivity index (χ2v) is 12.1. The fourth-order valence-corrected chi connectivity index (χ4v) is 8.65. The quantitative estimate of drug-likeness (QED) is 0.478. The van der Waals surface area contributed by atoms with Crippen LogP contribution in [0.3, 0.4) is 0 Å². The van der Waals surface area contributed by atoms with Crippen LogP contribution in [-0.4, -0.2) is 37.0 Å². The minimum absolute atomic E-state index is 0. The maximum Gasteiger partial charge on any atom is 0.340 e. The van der Waals surface area contributed by atoms with Gasteiger partial charge in [0.15, 0.2) is 0 Å². The lowest BCUT2D eigenvalue weighted by molar-refractivity contribution is -0.113. The van der Waals surface area contributed by atoms with Gasteiger partial charge in [-0.3, -0.25) is 4.79 Å². The Balaban J connectivity index is 0.00000320. The third kappa shape index (κ3) is 6.39. The number of hydrogen-bond acceptors (Lipinski definition) is 3. The highest BCUT2D eigenvalue weighted by molar-refractivity contribution is 7.76. The maximum atomic E-state index is 13.1. The summed E-state index contributed by atoms with van der Waals surface area (Å²) in [7, 11) is -1.40. The Morgan fingerprint density at radius 2 is 1.70 bits per heavy atom. The van der Waals surface area contributed by atoms with Gasteiger partial charge < -0.3 is 27.0 Å². The van der Waals surface area contributed by atoms with Crippen molar-refractivity contribution in [1.29, 1.82) is 0 Å². The van der Waals surface area contributed by atoms with Crippen LogP contribution < -0.4 is 22.3 Å². The normalized spacial score (nSPS) is 15.0. The van der Waals surface area contributed by atoms with Gasteiger partial charge in [0.2, 0.25) is 0 Å². The van der Waals surface area contributed by atoms with E-state index in [1.165, 1.54) is 37.1 Å². The van der Waals surface area contributed by atoms with E-state index in [1.54, 1.807) is 13.0 Å². The topological polar surface area (TPSA) is 55.4 Å². The number of hydrogen-bond donors (Lipinski definition) is 1. The molecular formula is C24H31BrNO3P. The molecule has 0 spiro atoms. The number of esters is 1. The molecule has 2 aromatic carbocycles. The third-order valence-corrected chi connectivity index (χ3v) is 10.2. The van der Waals surface area contributed by atoms with Crippen molar-refractivity contribution in [2.75, 3.05) is 30.4 Å². The number of para-hydroxylation sites is 1. The molecular weight excluding hydrogens is 461 g/mol. The van der Waals surface area contributed by atoms with Crippen LogP contribution in [0.15, 0.2) is 48.5 Å². The van der Waals surface area contributed by atoms with Crippen molar-refractivity contribution in [2.45, 2.75) is 39.3 Å². The van der Waals surface area contributed by atoms with Crippen molar-refractivity contribution < 1.29 is 31.3 Å². The summed E-state index contributed by atoms with van der Waals surface area (Å²) >= 11 is 0. The number of anilines is 1. The lowest BCUT2D eigenvalue weighted by Crippen LogP contribution is -3.00. The molecule has 1 saturated heterocycles. The minimum atomic E-state index is -1.40. The van der Waals surface area contributed by atoms with Crippen LogP contribution in [0.1, 0.15) is 47.7 Å². The van der Waals surface area contributed by atoms with Crippen LogP contribution in [-0.2, 0) is 15.7 Å². The van der Waals surface area contributed by atoms with Crippen LogP contribution in [0.5, 0.6) is 0 Å². The largest absolute Gasteiger partial charge is 1.00 e. The molecule has 1 aliphatic heterocycles. The van der Waals surface area contributed by atoms with E-state index >= 15 is 0 Å². The summed E-state index contributed by atoms with van der Waals surface area (Å²) in [5.74, 6) is -0.367. The highest BCUT2D eigenvalue weighted by atomic mass is 79.9. The summed E-state index contributed by atoms with van der Waals surface area (Å²) < 4.78 is 5.17. The van der Waals surface area contributed by atoms with Crippen LogP contribution in [0.2, 0.25) is 0 Å². The summed E-state index contributed by atoms with van der Waals surface area (Å²) in [6, 6.07) is 16.0. The molecule has 0 aliphatic carbocycles. The zero-order valence-electron chi connectivity index (χ0n) is 17.8. The SMILES string of the molecule is CCOC(=O)c1cccc(C)c1NC(=O)C[P+]1(Cc2ccccc2)CCCCC1.[Br-]. The highest BCUT2D eigenvalue weighted by Gasteiger charge is 2.41. The van der Waals surface area contributed by atoms with Crippen molar-refractivity contribution in [2.24, 2.45) is 0 Å². The van der Waals surface area contributed by atoms with E-state index in [0.29, 0.717) is 24.0 Å². The van der Waals surface area contributed by atoms with Gasteiger partial charge in [-0.05, 0) is 50.3 Å². The Hall–Kier alpha value is -1.71. The lowest BCUT2D eigenvalue weighted by atomic mass is 10.1. The average molecular weight is 492 g/mol. The van der Waals surface area contributed by atoms with E-state index in [0.717, 1.165) is 11.7 Å². The predicted molar refractivity (Wildman–Crippen MR) is 121 cm³/mol. The molecule has 0 saturated carbocycles. The number of aryl methyl sites for hydroxylation is 1. The summed E-state index contributed by atoms with van der Waals surface area (Å²) in [4.78, 5) is 25.5. The van der Waals surface area contributed by atoms with Gasteiger partial charge in [-0.25, -0.2) is 4.79 Å². The molecule has 0 aromatic heterocycles. The summed E-state index contributed by atoms with van der Waals surface area (Å²) in [6.07, 6.45) is 7.65. The van der Waals surface area contributed by atoms with Crippen LogP contribution >= 0.6 is 7.26 Å². The first-order valence-corrected chi connectivity index (χ1v) is 13.0. The van der Waals surface area contributed by atoms with Gasteiger partial charge in [-0.1, -0.05) is 42.5 Å². The molecule has 1 aliphatic rings. The Morgan fingerprint density at radius 1 is 1.00 bits per heavy atom. The number of carbonyl (C=O) groups is 2. The molecule has 1 fully saturated rings.